The van der Waals surface area contributed by atoms with Crippen LogP contribution < -0.4 is 9.47 Å². The number of hydrogen-bond donors (Lipinski definition) is 0. The van der Waals surface area contributed by atoms with Gasteiger partial charge in [-0.1, -0.05) is 0 Å². The van der Waals surface area contributed by atoms with Gasteiger partial charge in [-0.25, -0.2) is 4.79 Å². The Kier molecular flexibility index (Phi) is 2.86. The molecule has 3 nitrogen and oxygen atoms in total. The van der Waals surface area contributed by atoms with E-state index in [2.05, 4.69) is 47.8 Å². The standard InChI is InChI=1S/C8H3Br3O3/c9-3-1-4-8(7(11)6(3)10)13-2-5(12)14-4/h1H,2H2. The van der Waals surface area contributed by atoms with Gasteiger partial charge in [0.2, 0.25) is 0 Å². The highest BCUT2D eigenvalue weighted by Crippen LogP contribution is 2.45. The first-order valence-electron chi connectivity index (χ1n) is 3.60. The molecular formula is C8H3Br3O3. The molecular weight excluding hydrogens is 384 g/mol. The van der Waals surface area contributed by atoms with E-state index in [4.69, 9.17) is 9.47 Å². The van der Waals surface area contributed by atoms with Crippen molar-refractivity contribution in [1.82, 2.24) is 0 Å². The molecule has 0 unspecified atom stereocenters. The largest absolute Gasteiger partial charge is 0.477 e. The second-order valence-electron chi connectivity index (χ2n) is 2.58. The van der Waals surface area contributed by atoms with Gasteiger partial charge in [-0.15, -0.1) is 0 Å². The second-order valence-corrected chi connectivity index (χ2v) is 5.02. The topological polar surface area (TPSA) is 35.5 Å². The Bertz CT molecular complexity index is 417. The number of rotatable bonds is 0. The Balaban J connectivity index is 2.59. The van der Waals surface area contributed by atoms with Crippen LogP contribution in [0.15, 0.2) is 19.5 Å². The minimum absolute atomic E-state index is 0.0559. The fourth-order valence-electron chi connectivity index (χ4n) is 1.05. The highest BCUT2D eigenvalue weighted by atomic mass is 79.9. The molecule has 0 fully saturated rings. The minimum Gasteiger partial charge on any atom is -0.477 e. The van der Waals surface area contributed by atoms with Crippen molar-refractivity contribution in [3.05, 3.63) is 19.5 Å². The highest BCUT2D eigenvalue weighted by Gasteiger charge is 2.23. The molecule has 0 radical (unpaired) electrons. The van der Waals surface area contributed by atoms with Gasteiger partial charge in [0, 0.05) is 15.0 Å². The molecule has 0 spiro atoms. The molecule has 2 rings (SSSR count). The van der Waals surface area contributed by atoms with Crippen LogP contribution in [0.4, 0.5) is 0 Å². The van der Waals surface area contributed by atoms with Gasteiger partial charge in [0.25, 0.3) is 0 Å². The Morgan fingerprint density at radius 1 is 1.21 bits per heavy atom. The van der Waals surface area contributed by atoms with E-state index in [0.717, 1.165) is 13.4 Å². The lowest BCUT2D eigenvalue weighted by Gasteiger charge is -2.19. The minimum atomic E-state index is -0.390. The van der Waals surface area contributed by atoms with Gasteiger partial charge in [0.15, 0.2) is 18.1 Å². The van der Waals surface area contributed by atoms with Crippen LogP contribution in [0.1, 0.15) is 0 Å². The van der Waals surface area contributed by atoms with Crippen LogP contribution in [0.5, 0.6) is 11.5 Å². The maximum Gasteiger partial charge on any atom is 0.349 e. The van der Waals surface area contributed by atoms with Crippen molar-refractivity contribution in [2.45, 2.75) is 0 Å². The van der Waals surface area contributed by atoms with Crippen molar-refractivity contribution in [1.29, 1.82) is 0 Å². The third-order valence-corrected chi connectivity index (χ3v) is 4.91. The van der Waals surface area contributed by atoms with E-state index in [1.54, 1.807) is 6.07 Å². The number of fused-ring (bicyclic) bond motifs is 1. The van der Waals surface area contributed by atoms with E-state index in [-0.39, 0.29) is 6.61 Å². The zero-order valence-electron chi connectivity index (χ0n) is 6.64. The van der Waals surface area contributed by atoms with Crippen LogP contribution >= 0.6 is 47.8 Å². The number of ether oxygens (including phenoxy) is 2. The summed E-state index contributed by atoms with van der Waals surface area (Å²) in [5.74, 6) is 0.571. The van der Waals surface area contributed by atoms with E-state index in [9.17, 15) is 4.79 Å². The number of benzene rings is 1. The summed E-state index contributed by atoms with van der Waals surface area (Å²) in [5.41, 5.74) is 0. The van der Waals surface area contributed by atoms with Crippen LogP contribution in [0.3, 0.4) is 0 Å². The normalized spacial score (nSPS) is 14.4. The van der Waals surface area contributed by atoms with Gasteiger partial charge in [0.05, 0.1) is 4.47 Å². The monoisotopic (exact) mass is 384 g/mol. The number of halogens is 3. The lowest BCUT2D eigenvalue weighted by molar-refractivity contribution is -0.138. The predicted octanol–water partition coefficient (Wildman–Crippen LogP) is 3.27. The predicted molar refractivity (Wildman–Crippen MR) is 60.7 cm³/mol. The first-order chi connectivity index (χ1) is 6.59. The van der Waals surface area contributed by atoms with E-state index in [1.807, 2.05) is 0 Å². The van der Waals surface area contributed by atoms with Gasteiger partial charge in [-0.3, -0.25) is 0 Å². The highest BCUT2D eigenvalue weighted by molar-refractivity contribution is 9.14. The van der Waals surface area contributed by atoms with Crippen LogP contribution in [0.25, 0.3) is 0 Å². The van der Waals surface area contributed by atoms with Crippen molar-refractivity contribution < 1.29 is 14.3 Å². The fourth-order valence-corrected chi connectivity index (χ4v) is 2.54. The molecule has 0 bridgehead atoms. The Labute approximate surface area is 105 Å². The molecule has 0 atom stereocenters. The quantitative estimate of drug-likeness (QED) is 0.390. The van der Waals surface area contributed by atoms with Crippen molar-refractivity contribution in [3.63, 3.8) is 0 Å². The summed E-state index contributed by atoms with van der Waals surface area (Å²) in [6.45, 7) is -0.0559. The fraction of sp³-hybridized carbons (Fsp3) is 0.125. The maximum atomic E-state index is 10.9. The first kappa shape index (κ1) is 10.4. The lowest BCUT2D eigenvalue weighted by atomic mass is 10.3. The van der Waals surface area contributed by atoms with Crippen LogP contribution in [-0.4, -0.2) is 12.6 Å². The van der Waals surface area contributed by atoms with Crippen LogP contribution in [0.2, 0.25) is 0 Å². The molecule has 1 aromatic carbocycles. The van der Waals surface area contributed by atoms with E-state index < -0.39 is 5.97 Å². The van der Waals surface area contributed by atoms with Gasteiger partial charge in [-0.2, -0.15) is 0 Å². The molecule has 0 saturated carbocycles. The molecule has 0 amide bonds. The summed E-state index contributed by atoms with van der Waals surface area (Å²) in [6.07, 6.45) is 0. The third kappa shape index (κ3) is 1.70. The molecule has 0 aromatic heterocycles. The summed E-state index contributed by atoms with van der Waals surface area (Å²) >= 11 is 10.0. The number of esters is 1. The lowest BCUT2D eigenvalue weighted by Crippen LogP contribution is -2.23. The van der Waals surface area contributed by atoms with Crippen LogP contribution in [-0.2, 0) is 4.79 Å². The van der Waals surface area contributed by atoms with Crippen molar-refractivity contribution >= 4 is 53.8 Å². The van der Waals surface area contributed by atoms with E-state index >= 15 is 0 Å². The van der Waals surface area contributed by atoms with E-state index in [0.29, 0.717) is 11.5 Å². The van der Waals surface area contributed by atoms with Gasteiger partial charge in [0.1, 0.15) is 0 Å². The first-order valence-corrected chi connectivity index (χ1v) is 5.98. The average Bonchev–Trinajstić information content (AvgIpc) is 2.14. The summed E-state index contributed by atoms with van der Waals surface area (Å²) < 4.78 is 12.6. The van der Waals surface area contributed by atoms with Gasteiger partial charge < -0.3 is 9.47 Å². The molecule has 1 aliphatic rings. The molecule has 6 heteroatoms. The molecule has 1 aromatic rings. The Morgan fingerprint density at radius 2 is 1.93 bits per heavy atom. The summed E-state index contributed by atoms with van der Waals surface area (Å²) in [6, 6.07) is 1.68. The van der Waals surface area contributed by atoms with E-state index in [1.165, 1.54) is 0 Å². The summed E-state index contributed by atoms with van der Waals surface area (Å²) in [7, 11) is 0. The Hall–Kier alpha value is -0.0700. The molecule has 14 heavy (non-hydrogen) atoms. The van der Waals surface area contributed by atoms with Crippen molar-refractivity contribution in [2.75, 3.05) is 6.61 Å². The average molecular weight is 387 g/mol. The smallest absolute Gasteiger partial charge is 0.349 e. The zero-order chi connectivity index (χ0) is 10.3. The molecule has 0 N–H and O–H groups in total. The van der Waals surface area contributed by atoms with Gasteiger partial charge in [-0.05, 0) is 47.8 Å². The molecule has 1 heterocycles. The van der Waals surface area contributed by atoms with Crippen molar-refractivity contribution in [2.24, 2.45) is 0 Å². The maximum absolute atomic E-state index is 10.9. The van der Waals surface area contributed by atoms with Crippen molar-refractivity contribution in [3.8, 4) is 11.5 Å². The number of carbonyl (C=O) groups excluding carboxylic acids is 1. The summed E-state index contributed by atoms with van der Waals surface area (Å²) in [4.78, 5) is 10.9. The number of carbonyl (C=O) groups is 1. The molecule has 74 valence electrons. The number of hydrogen-bond acceptors (Lipinski definition) is 3. The SMILES string of the molecule is O=C1COc2c(cc(Br)c(Br)c2Br)O1. The van der Waals surface area contributed by atoms with Gasteiger partial charge >= 0.3 is 5.97 Å². The second kappa shape index (κ2) is 3.83. The Morgan fingerprint density at radius 3 is 2.64 bits per heavy atom. The van der Waals surface area contributed by atoms with Crippen LogP contribution in [0, 0.1) is 0 Å². The molecule has 1 aliphatic heterocycles. The summed E-state index contributed by atoms with van der Waals surface area (Å²) in [5, 5.41) is 0. The third-order valence-electron chi connectivity index (χ3n) is 1.64. The molecule has 0 saturated heterocycles. The zero-order valence-corrected chi connectivity index (χ0v) is 11.4. The molecule has 0 aliphatic carbocycles.